The Morgan fingerprint density at radius 1 is 1.26 bits per heavy atom. The summed E-state index contributed by atoms with van der Waals surface area (Å²) in [5, 5.41) is 0. The minimum absolute atomic E-state index is 0.379. The summed E-state index contributed by atoms with van der Waals surface area (Å²) >= 11 is 1.79. The third kappa shape index (κ3) is 3.53. The summed E-state index contributed by atoms with van der Waals surface area (Å²) in [6.45, 7) is 4.07. The van der Waals surface area contributed by atoms with Crippen LogP contribution in [-0.2, 0) is 0 Å². The van der Waals surface area contributed by atoms with E-state index in [9.17, 15) is 0 Å². The van der Waals surface area contributed by atoms with Gasteiger partial charge in [-0.25, -0.2) is 0 Å². The van der Waals surface area contributed by atoms with Crippen molar-refractivity contribution in [3.05, 3.63) is 29.8 Å². The number of rotatable bonds is 6. The number of likely N-dealkylation sites (N-methyl/N-ethyl adjacent to an activating group) is 1. The van der Waals surface area contributed by atoms with Crippen molar-refractivity contribution in [2.75, 3.05) is 19.3 Å². The van der Waals surface area contributed by atoms with Gasteiger partial charge in [0, 0.05) is 23.5 Å². The Kier molecular flexibility index (Phi) is 5.74. The van der Waals surface area contributed by atoms with Crippen LogP contribution >= 0.6 is 11.8 Å². The minimum Gasteiger partial charge on any atom is -0.329 e. The molecule has 1 fully saturated rings. The van der Waals surface area contributed by atoms with Crippen LogP contribution in [0.1, 0.15) is 44.2 Å². The zero-order chi connectivity index (χ0) is 13.7. The van der Waals surface area contributed by atoms with Gasteiger partial charge >= 0.3 is 0 Å². The van der Waals surface area contributed by atoms with Crippen molar-refractivity contribution in [2.24, 2.45) is 5.73 Å². The number of benzene rings is 1. The molecule has 0 heterocycles. The lowest BCUT2D eigenvalue weighted by Crippen LogP contribution is -2.40. The molecule has 0 radical (unpaired) electrons. The highest BCUT2D eigenvalue weighted by atomic mass is 32.2. The Morgan fingerprint density at radius 3 is 2.37 bits per heavy atom. The van der Waals surface area contributed by atoms with Gasteiger partial charge in [0.1, 0.15) is 0 Å². The minimum atomic E-state index is 0.379. The number of thioether (sulfide) groups is 1. The van der Waals surface area contributed by atoms with Crippen molar-refractivity contribution in [2.45, 2.75) is 49.6 Å². The molecule has 1 atom stereocenters. The van der Waals surface area contributed by atoms with Gasteiger partial charge in [0.05, 0.1) is 0 Å². The molecule has 0 amide bonds. The molecule has 0 saturated heterocycles. The molecule has 2 nitrogen and oxygen atoms in total. The number of nitrogens with zero attached hydrogens (tertiary/aromatic N) is 1. The lowest BCUT2D eigenvalue weighted by molar-refractivity contribution is 0.147. The fourth-order valence-corrected chi connectivity index (χ4v) is 3.67. The van der Waals surface area contributed by atoms with Crippen LogP contribution in [0.25, 0.3) is 0 Å². The normalized spacial score (nSPS) is 18.1. The van der Waals surface area contributed by atoms with E-state index >= 15 is 0 Å². The van der Waals surface area contributed by atoms with Crippen molar-refractivity contribution < 1.29 is 0 Å². The first-order valence-corrected chi connectivity index (χ1v) is 8.62. The van der Waals surface area contributed by atoms with Gasteiger partial charge in [-0.15, -0.1) is 11.8 Å². The van der Waals surface area contributed by atoms with Crippen LogP contribution in [0.15, 0.2) is 29.2 Å². The molecule has 19 heavy (non-hydrogen) atoms. The van der Waals surface area contributed by atoms with Crippen LogP contribution in [0.4, 0.5) is 0 Å². The molecular weight excluding hydrogens is 252 g/mol. The molecule has 1 aliphatic rings. The van der Waals surface area contributed by atoms with Crippen molar-refractivity contribution in [1.82, 2.24) is 4.90 Å². The van der Waals surface area contributed by atoms with Crippen LogP contribution in [0.3, 0.4) is 0 Å². The summed E-state index contributed by atoms with van der Waals surface area (Å²) in [7, 11) is 0. The van der Waals surface area contributed by atoms with E-state index in [-0.39, 0.29) is 0 Å². The molecule has 1 aromatic rings. The maximum absolute atomic E-state index is 6.07. The Balaban J connectivity index is 2.15. The Morgan fingerprint density at radius 2 is 1.89 bits per heavy atom. The second kappa shape index (κ2) is 7.32. The standard InChI is InChI=1S/C16H26N2S/c1-3-18(14-6-4-5-7-14)16(12-17)13-8-10-15(19-2)11-9-13/h8-11,14,16H,3-7,12,17H2,1-2H3. The molecule has 3 heteroatoms. The second-order valence-electron chi connectivity index (χ2n) is 5.29. The van der Waals surface area contributed by atoms with Gasteiger partial charge in [0.15, 0.2) is 0 Å². The Bertz CT molecular complexity index is 371. The fraction of sp³-hybridized carbons (Fsp3) is 0.625. The molecule has 2 N–H and O–H groups in total. The maximum atomic E-state index is 6.07. The number of hydrogen-bond donors (Lipinski definition) is 1. The highest BCUT2D eigenvalue weighted by molar-refractivity contribution is 7.98. The molecule has 1 saturated carbocycles. The molecule has 0 aromatic heterocycles. The van der Waals surface area contributed by atoms with Gasteiger partial charge in [-0.05, 0) is 43.3 Å². The molecule has 0 bridgehead atoms. The first kappa shape index (κ1) is 14.9. The van der Waals surface area contributed by atoms with E-state index in [0.717, 1.165) is 12.6 Å². The predicted molar refractivity (Wildman–Crippen MR) is 84.7 cm³/mol. The highest BCUT2D eigenvalue weighted by Crippen LogP contribution is 2.31. The first-order valence-electron chi connectivity index (χ1n) is 7.40. The van der Waals surface area contributed by atoms with Crippen LogP contribution in [-0.4, -0.2) is 30.3 Å². The zero-order valence-electron chi connectivity index (χ0n) is 12.1. The highest BCUT2D eigenvalue weighted by Gasteiger charge is 2.27. The van der Waals surface area contributed by atoms with Crippen LogP contribution in [0, 0.1) is 0 Å². The quantitative estimate of drug-likeness (QED) is 0.805. The van der Waals surface area contributed by atoms with Crippen LogP contribution < -0.4 is 5.73 Å². The van der Waals surface area contributed by atoms with Gasteiger partial charge < -0.3 is 5.73 Å². The topological polar surface area (TPSA) is 29.3 Å². The van der Waals surface area contributed by atoms with E-state index in [2.05, 4.69) is 42.3 Å². The van der Waals surface area contributed by atoms with Gasteiger partial charge in [0.25, 0.3) is 0 Å². The summed E-state index contributed by atoms with van der Waals surface area (Å²) < 4.78 is 0. The molecule has 0 spiro atoms. The molecular formula is C16H26N2S. The number of nitrogens with two attached hydrogens (primary N) is 1. The first-order chi connectivity index (χ1) is 9.30. The third-order valence-corrected chi connectivity index (χ3v) is 5.03. The molecule has 1 aromatic carbocycles. The van der Waals surface area contributed by atoms with Crippen molar-refractivity contribution >= 4 is 11.8 Å². The summed E-state index contributed by atoms with van der Waals surface area (Å²) in [5.74, 6) is 0. The van der Waals surface area contributed by atoms with E-state index in [1.54, 1.807) is 11.8 Å². The lowest BCUT2D eigenvalue weighted by atomic mass is 10.0. The summed E-state index contributed by atoms with van der Waals surface area (Å²) in [5.41, 5.74) is 7.44. The van der Waals surface area contributed by atoms with Crippen molar-refractivity contribution in [3.8, 4) is 0 Å². The molecule has 2 rings (SSSR count). The predicted octanol–water partition coefficient (Wildman–Crippen LogP) is 3.67. The Labute approximate surface area is 121 Å². The van der Waals surface area contributed by atoms with Crippen LogP contribution in [0.2, 0.25) is 0 Å². The van der Waals surface area contributed by atoms with E-state index in [4.69, 9.17) is 5.73 Å². The van der Waals surface area contributed by atoms with Gasteiger partial charge in [0.2, 0.25) is 0 Å². The SMILES string of the molecule is CCN(C1CCCC1)C(CN)c1ccc(SC)cc1. The maximum Gasteiger partial charge on any atom is 0.0473 e. The van der Waals surface area contributed by atoms with Gasteiger partial charge in [-0.3, -0.25) is 4.90 Å². The molecule has 1 aliphatic carbocycles. The average Bonchev–Trinajstić information content (AvgIpc) is 2.98. The van der Waals surface area contributed by atoms with Gasteiger partial charge in [-0.1, -0.05) is 31.9 Å². The molecule has 0 aliphatic heterocycles. The largest absolute Gasteiger partial charge is 0.329 e. The Hall–Kier alpha value is -0.510. The number of hydrogen-bond acceptors (Lipinski definition) is 3. The summed E-state index contributed by atoms with van der Waals surface area (Å²) in [6, 6.07) is 10.0. The second-order valence-corrected chi connectivity index (χ2v) is 6.17. The smallest absolute Gasteiger partial charge is 0.0473 e. The van der Waals surface area contributed by atoms with Crippen molar-refractivity contribution in [3.63, 3.8) is 0 Å². The molecule has 1 unspecified atom stereocenters. The lowest BCUT2D eigenvalue weighted by Gasteiger charge is -2.35. The van der Waals surface area contributed by atoms with E-state index in [1.165, 1.54) is 36.1 Å². The summed E-state index contributed by atoms with van der Waals surface area (Å²) in [6.07, 6.45) is 7.56. The fourth-order valence-electron chi connectivity index (χ4n) is 3.26. The van der Waals surface area contributed by atoms with Crippen LogP contribution in [0.5, 0.6) is 0 Å². The van der Waals surface area contributed by atoms with E-state index in [1.807, 2.05) is 0 Å². The van der Waals surface area contributed by atoms with E-state index < -0.39 is 0 Å². The third-order valence-electron chi connectivity index (χ3n) is 4.28. The summed E-state index contributed by atoms with van der Waals surface area (Å²) in [4.78, 5) is 3.93. The van der Waals surface area contributed by atoms with Crippen molar-refractivity contribution in [1.29, 1.82) is 0 Å². The zero-order valence-corrected chi connectivity index (χ0v) is 13.0. The average molecular weight is 278 g/mol. The van der Waals surface area contributed by atoms with Gasteiger partial charge in [-0.2, -0.15) is 0 Å². The molecule has 106 valence electrons. The van der Waals surface area contributed by atoms with E-state index in [0.29, 0.717) is 12.6 Å². The monoisotopic (exact) mass is 278 g/mol.